The van der Waals surface area contributed by atoms with Crippen molar-refractivity contribution in [1.82, 2.24) is 5.32 Å². The van der Waals surface area contributed by atoms with E-state index >= 15 is 0 Å². The third kappa shape index (κ3) is 4.56. The summed E-state index contributed by atoms with van der Waals surface area (Å²) in [7, 11) is 1.37. The molecular formula is C23H22N2O2S. The molecule has 3 aromatic rings. The Balaban J connectivity index is 1.83. The Morgan fingerprint density at radius 1 is 0.893 bits per heavy atom. The first-order chi connectivity index (χ1) is 13.6. The highest BCUT2D eigenvalue weighted by Crippen LogP contribution is 2.23. The third-order valence-electron chi connectivity index (χ3n) is 4.53. The van der Waals surface area contributed by atoms with Gasteiger partial charge in [0.05, 0.1) is 18.7 Å². The number of methoxy groups -OCH3 is 1. The van der Waals surface area contributed by atoms with Crippen molar-refractivity contribution in [3.63, 3.8) is 0 Å². The number of esters is 1. The maximum Gasteiger partial charge on any atom is 0.338 e. The van der Waals surface area contributed by atoms with Gasteiger partial charge in [0.2, 0.25) is 0 Å². The minimum atomic E-state index is -0.369. The summed E-state index contributed by atoms with van der Waals surface area (Å²) in [6.07, 6.45) is 0. The monoisotopic (exact) mass is 390 g/mol. The Morgan fingerprint density at radius 3 is 2.00 bits per heavy atom. The van der Waals surface area contributed by atoms with Crippen LogP contribution in [0.2, 0.25) is 0 Å². The zero-order valence-corrected chi connectivity index (χ0v) is 16.6. The summed E-state index contributed by atoms with van der Waals surface area (Å²) in [6.45, 7) is 1.86. The van der Waals surface area contributed by atoms with E-state index in [1.807, 2.05) is 49.4 Å². The molecule has 0 atom stereocenters. The van der Waals surface area contributed by atoms with Crippen LogP contribution in [0.25, 0.3) is 0 Å². The molecule has 4 nitrogen and oxygen atoms in total. The average molecular weight is 391 g/mol. The van der Waals surface area contributed by atoms with Crippen molar-refractivity contribution in [3.05, 3.63) is 101 Å². The van der Waals surface area contributed by atoms with Gasteiger partial charge in [-0.3, -0.25) is 0 Å². The van der Waals surface area contributed by atoms with E-state index in [0.29, 0.717) is 10.7 Å². The summed E-state index contributed by atoms with van der Waals surface area (Å²) in [5.41, 5.74) is 4.28. The molecule has 0 aliphatic heterocycles. The SMILES string of the molecule is COC(=O)c1cccc(NC(=S)NC(c2ccccc2)c2ccccc2)c1C. The van der Waals surface area contributed by atoms with Crippen molar-refractivity contribution < 1.29 is 9.53 Å². The molecule has 0 aliphatic carbocycles. The lowest BCUT2D eigenvalue weighted by Crippen LogP contribution is -2.33. The fourth-order valence-electron chi connectivity index (χ4n) is 3.04. The van der Waals surface area contributed by atoms with Gasteiger partial charge in [0.15, 0.2) is 5.11 Å². The molecule has 0 radical (unpaired) electrons. The molecule has 2 N–H and O–H groups in total. The second-order valence-electron chi connectivity index (χ2n) is 6.32. The number of carbonyl (C=O) groups is 1. The van der Waals surface area contributed by atoms with Gasteiger partial charge in [-0.15, -0.1) is 0 Å². The fourth-order valence-corrected chi connectivity index (χ4v) is 3.27. The number of nitrogens with one attached hydrogen (secondary N) is 2. The van der Waals surface area contributed by atoms with Crippen molar-refractivity contribution in [2.45, 2.75) is 13.0 Å². The van der Waals surface area contributed by atoms with Crippen LogP contribution < -0.4 is 10.6 Å². The number of benzene rings is 3. The summed E-state index contributed by atoms with van der Waals surface area (Å²) in [5, 5.41) is 7.08. The first kappa shape index (κ1) is 19.6. The van der Waals surface area contributed by atoms with Gasteiger partial charge < -0.3 is 15.4 Å². The second kappa shape index (κ2) is 9.15. The van der Waals surface area contributed by atoms with Gasteiger partial charge in [-0.2, -0.15) is 0 Å². The van der Waals surface area contributed by atoms with Gasteiger partial charge >= 0.3 is 5.97 Å². The standard InChI is InChI=1S/C23H22N2O2S/c1-16-19(22(26)27-2)14-9-15-20(16)24-23(28)25-21(17-10-5-3-6-11-17)18-12-7-4-8-13-18/h3-15,21H,1-2H3,(H2,24,25,28). The largest absolute Gasteiger partial charge is 0.465 e. The summed E-state index contributed by atoms with van der Waals surface area (Å²) in [5.74, 6) is -0.369. The third-order valence-corrected chi connectivity index (χ3v) is 4.75. The fraction of sp³-hybridized carbons (Fsp3) is 0.130. The molecule has 3 aromatic carbocycles. The average Bonchev–Trinajstić information content (AvgIpc) is 2.74. The van der Waals surface area contributed by atoms with Crippen molar-refractivity contribution >= 4 is 29.0 Å². The van der Waals surface area contributed by atoms with Crippen LogP contribution in [0.4, 0.5) is 5.69 Å². The van der Waals surface area contributed by atoms with Crippen LogP contribution in [-0.4, -0.2) is 18.2 Å². The molecule has 0 aliphatic rings. The first-order valence-corrected chi connectivity index (χ1v) is 9.36. The minimum Gasteiger partial charge on any atom is -0.465 e. The highest BCUT2D eigenvalue weighted by atomic mass is 32.1. The lowest BCUT2D eigenvalue weighted by atomic mass is 9.99. The normalized spacial score (nSPS) is 10.4. The molecule has 0 aromatic heterocycles. The zero-order chi connectivity index (χ0) is 19.9. The Labute approximate surface area is 170 Å². The van der Waals surface area contributed by atoms with Crippen molar-refractivity contribution in [1.29, 1.82) is 0 Å². The van der Waals surface area contributed by atoms with E-state index in [1.54, 1.807) is 12.1 Å². The summed E-state index contributed by atoms with van der Waals surface area (Å²) >= 11 is 5.57. The number of ether oxygens (including phenoxy) is 1. The van der Waals surface area contributed by atoms with Crippen LogP contribution in [0.15, 0.2) is 78.9 Å². The topological polar surface area (TPSA) is 50.4 Å². The van der Waals surface area contributed by atoms with Gasteiger partial charge in [0.1, 0.15) is 0 Å². The number of anilines is 1. The smallest absolute Gasteiger partial charge is 0.338 e. The molecule has 0 spiro atoms. The van der Waals surface area contributed by atoms with Crippen LogP contribution >= 0.6 is 12.2 Å². The maximum atomic E-state index is 11.9. The van der Waals surface area contributed by atoms with Gasteiger partial charge in [-0.05, 0) is 48.0 Å². The van der Waals surface area contributed by atoms with Gasteiger partial charge in [0, 0.05) is 5.69 Å². The number of rotatable bonds is 5. The highest BCUT2D eigenvalue weighted by molar-refractivity contribution is 7.80. The van der Waals surface area contributed by atoms with Crippen molar-refractivity contribution in [2.24, 2.45) is 0 Å². The molecule has 5 heteroatoms. The summed E-state index contributed by atoms with van der Waals surface area (Å²) in [4.78, 5) is 11.9. The van der Waals surface area contributed by atoms with Crippen LogP contribution in [0.1, 0.15) is 33.1 Å². The molecule has 0 saturated carbocycles. The van der Waals surface area contributed by atoms with E-state index in [-0.39, 0.29) is 12.0 Å². The molecule has 0 heterocycles. The Kier molecular flexibility index (Phi) is 6.40. The molecule has 3 rings (SSSR count). The number of hydrogen-bond acceptors (Lipinski definition) is 3. The molecule has 0 amide bonds. The van der Waals surface area contributed by atoms with Gasteiger partial charge in [0.25, 0.3) is 0 Å². The van der Waals surface area contributed by atoms with E-state index in [4.69, 9.17) is 17.0 Å². The zero-order valence-electron chi connectivity index (χ0n) is 15.8. The lowest BCUT2D eigenvalue weighted by molar-refractivity contribution is 0.0600. The molecule has 0 bridgehead atoms. The summed E-state index contributed by atoms with van der Waals surface area (Å²) < 4.78 is 4.84. The van der Waals surface area contributed by atoms with Crippen LogP contribution in [0.3, 0.4) is 0 Å². The van der Waals surface area contributed by atoms with E-state index in [2.05, 4.69) is 34.9 Å². The Morgan fingerprint density at radius 2 is 1.46 bits per heavy atom. The lowest BCUT2D eigenvalue weighted by Gasteiger charge is -2.22. The quantitative estimate of drug-likeness (QED) is 0.481. The predicted octanol–water partition coefficient (Wildman–Crippen LogP) is 4.86. The molecule has 28 heavy (non-hydrogen) atoms. The van der Waals surface area contributed by atoms with E-state index in [0.717, 1.165) is 22.4 Å². The highest BCUT2D eigenvalue weighted by Gasteiger charge is 2.16. The predicted molar refractivity (Wildman–Crippen MR) is 117 cm³/mol. The molecular weight excluding hydrogens is 368 g/mol. The van der Waals surface area contributed by atoms with E-state index < -0.39 is 0 Å². The molecule has 0 fully saturated rings. The Hall–Kier alpha value is -3.18. The van der Waals surface area contributed by atoms with E-state index in [1.165, 1.54) is 7.11 Å². The summed E-state index contributed by atoms with van der Waals surface area (Å²) in [6, 6.07) is 25.6. The first-order valence-electron chi connectivity index (χ1n) is 8.95. The van der Waals surface area contributed by atoms with Crippen LogP contribution in [0.5, 0.6) is 0 Å². The van der Waals surface area contributed by atoms with E-state index in [9.17, 15) is 4.79 Å². The van der Waals surface area contributed by atoms with Gasteiger partial charge in [-0.1, -0.05) is 66.7 Å². The molecule has 142 valence electrons. The van der Waals surface area contributed by atoms with Crippen molar-refractivity contribution in [2.75, 3.05) is 12.4 Å². The second-order valence-corrected chi connectivity index (χ2v) is 6.73. The van der Waals surface area contributed by atoms with Crippen molar-refractivity contribution in [3.8, 4) is 0 Å². The minimum absolute atomic E-state index is 0.0912. The van der Waals surface area contributed by atoms with Crippen LogP contribution in [0, 0.1) is 6.92 Å². The molecule has 0 saturated heterocycles. The maximum absolute atomic E-state index is 11.9. The molecule has 0 unspecified atom stereocenters. The van der Waals surface area contributed by atoms with Gasteiger partial charge in [-0.25, -0.2) is 4.79 Å². The number of carbonyl (C=O) groups excluding carboxylic acids is 1. The van der Waals surface area contributed by atoms with Crippen LogP contribution in [-0.2, 0) is 4.74 Å². The number of hydrogen-bond donors (Lipinski definition) is 2. The number of thiocarbonyl (C=S) groups is 1. The Bertz CT molecular complexity index is 919.